The quantitative estimate of drug-likeness (QED) is 0.617. The van der Waals surface area contributed by atoms with Crippen LogP contribution in [0.3, 0.4) is 0 Å². The van der Waals surface area contributed by atoms with Crippen molar-refractivity contribution in [3.63, 3.8) is 0 Å². The molecular formula is C25H20F2N4O2. The number of benzene rings is 3. The highest BCUT2D eigenvalue weighted by Crippen LogP contribution is 2.29. The van der Waals surface area contributed by atoms with Gasteiger partial charge >= 0.3 is 6.03 Å². The average molecular weight is 446 g/mol. The largest absolute Gasteiger partial charge is 0.326 e. The minimum absolute atomic E-state index is 0.169. The van der Waals surface area contributed by atoms with Gasteiger partial charge in [0.1, 0.15) is 17.7 Å². The number of nitrogens with zero attached hydrogens (tertiary/aromatic N) is 2. The summed E-state index contributed by atoms with van der Waals surface area (Å²) in [5, 5.41) is 14.3. The number of halogens is 2. The van der Waals surface area contributed by atoms with Crippen molar-refractivity contribution < 1.29 is 18.4 Å². The number of anilines is 2. The summed E-state index contributed by atoms with van der Waals surface area (Å²) in [6.07, 6.45) is 0.759. The molecular weight excluding hydrogens is 426 g/mol. The SMILES string of the molecule is N#Cc1ccc(CC(NC(=O)Nc2ccc(F)cc2)C(=O)N2CCc3ccc(F)cc32)cc1. The summed E-state index contributed by atoms with van der Waals surface area (Å²) in [6.45, 7) is 0.378. The summed E-state index contributed by atoms with van der Waals surface area (Å²) in [7, 11) is 0. The first-order valence-electron chi connectivity index (χ1n) is 10.3. The highest BCUT2D eigenvalue weighted by atomic mass is 19.1. The molecule has 3 aromatic carbocycles. The van der Waals surface area contributed by atoms with Gasteiger partial charge in [-0.3, -0.25) is 4.79 Å². The smallest absolute Gasteiger partial charge is 0.319 e. The van der Waals surface area contributed by atoms with E-state index >= 15 is 0 Å². The van der Waals surface area contributed by atoms with Crippen LogP contribution in [-0.4, -0.2) is 24.5 Å². The molecule has 166 valence electrons. The minimum atomic E-state index is -0.951. The molecule has 0 aromatic heterocycles. The van der Waals surface area contributed by atoms with Gasteiger partial charge in [0.2, 0.25) is 5.91 Å². The Morgan fingerprint density at radius 2 is 1.70 bits per heavy atom. The van der Waals surface area contributed by atoms with Crippen molar-refractivity contribution in [2.45, 2.75) is 18.9 Å². The van der Waals surface area contributed by atoms with E-state index in [0.717, 1.165) is 11.1 Å². The summed E-state index contributed by atoms with van der Waals surface area (Å²) in [6, 6.07) is 16.7. The van der Waals surface area contributed by atoms with Gasteiger partial charge in [0.05, 0.1) is 11.6 Å². The molecule has 3 aromatic rings. The summed E-state index contributed by atoms with van der Waals surface area (Å²) >= 11 is 0. The lowest BCUT2D eigenvalue weighted by Gasteiger charge is -2.25. The number of carbonyl (C=O) groups is 2. The van der Waals surface area contributed by atoms with Gasteiger partial charge in [-0.25, -0.2) is 13.6 Å². The Morgan fingerprint density at radius 3 is 2.39 bits per heavy atom. The van der Waals surface area contributed by atoms with Crippen LogP contribution in [0.15, 0.2) is 66.7 Å². The maximum absolute atomic E-state index is 13.8. The number of hydrogen-bond acceptors (Lipinski definition) is 3. The third kappa shape index (κ3) is 5.15. The van der Waals surface area contributed by atoms with Crippen molar-refractivity contribution in [1.29, 1.82) is 5.26 Å². The molecule has 0 aliphatic carbocycles. The van der Waals surface area contributed by atoms with Crippen molar-refractivity contribution in [2.75, 3.05) is 16.8 Å². The Balaban J connectivity index is 1.56. The van der Waals surface area contributed by atoms with E-state index in [0.29, 0.717) is 29.9 Å². The molecule has 2 N–H and O–H groups in total. The maximum atomic E-state index is 13.8. The minimum Gasteiger partial charge on any atom is -0.326 e. The Labute approximate surface area is 189 Å². The lowest BCUT2D eigenvalue weighted by Crippen LogP contribution is -2.50. The molecule has 8 heteroatoms. The van der Waals surface area contributed by atoms with Gasteiger partial charge in [-0.1, -0.05) is 18.2 Å². The monoisotopic (exact) mass is 446 g/mol. The van der Waals surface area contributed by atoms with Crippen LogP contribution in [0, 0.1) is 23.0 Å². The van der Waals surface area contributed by atoms with E-state index in [-0.39, 0.29) is 12.3 Å². The molecule has 4 rings (SSSR count). The number of urea groups is 1. The maximum Gasteiger partial charge on any atom is 0.319 e. The predicted octanol–water partition coefficient (Wildman–Crippen LogP) is 4.16. The van der Waals surface area contributed by atoms with E-state index in [2.05, 4.69) is 10.6 Å². The molecule has 3 amide bonds. The van der Waals surface area contributed by atoms with Gasteiger partial charge in [0.25, 0.3) is 0 Å². The normalized spacial score (nSPS) is 13.1. The molecule has 0 spiro atoms. The van der Waals surface area contributed by atoms with E-state index in [4.69, 9.17) is 5.26 Å². The highest BCUT2D eigenvalue weighted by Gasteiger charge is 2.31. The van der Waals surface area contributed by atoms with Crippen LogP contribution >= 0.6 is 0 Å². The number of nitrogens with one attached hydrogen (secondary N) is 2. The van der Waals surface area contributed by atoms with Gasteiger partial charge in [-0.15, -0.1) is 0 Å². The van der Waals surface area contributed by atoms with Gasteiger partial charge in [-0.2, -0.15) is 5.26 Å². The standard InChI is InChI=1S/C25H20F2N4O2/c26-19-7-9-21(10-8-19)29-25(33)30-22(13-16-1-3-17(15-28)4-2-16)24(32)31-12-11-18-5-6-20(27)14-23(18)31/h1-10,14,22H,11-13H2,(H2,29,30,33). The van der Waals surface area contributed by atoms with E-state index in [1.165, 1.54) is 41.3 Å². The lowest BCUT2D eigenvalue weighted by atomic mass is 10.0. The summed E-state index contributed by atoms with van der Waals surface area (Å²) < 4.78 is 27.0. The Hall–Kier alpha value is -4.25. The van der Waals surface area contributed by atoms with E-state index in [9.17, 15) is 18.4 Å². The van der Waals surface area contributed by atoms with Crippen LogP contribution in [0.1, 0.15) is 16.7 Å². The topological polar surface area (TPSA) is 85.2 Å². The molecule has 33 heavy (non-hydrogen) atoms. The second-order valence-corrected chi connectivity index (χ2v) is 7.68. The molecule has 1 unspecified atom stereocenters. The molecule has 1 heterocycles. The van der Waals surface area contributed by atoms with Gasteiger partial charge in [0, 0.05) is 24.3 Å². The number of fused-ring (bicyclic) bond motifs is 1. The van der Waals surface area contributed by atoms with Crippen LogP contribution in [0.2, 0.25) is 0 Å². The van der Waals surface area contributed by atoms with Gasteiger partial charge in [-0.05, 0) is 66.1 Å². The van der Waals surface area contributed by atoms with Crippen LogP contribution in [-0.2, 0) is 17.6 Å². The van der Waals surface area contributed by atoms with Crippen LogP contribution in [0.5, 0.6) is 0 Å². The predicted molar refractivity (Wildman–Crippen MR) is 120 cm³/mol. The third-order valence-corrected chi connectivity index (χ3v) is 5.44. The first kappa shape index (κ1) is 22.0. The molecule has 1 aliphatic rings. The number of hydrogen-bond donors (Lipinski definition) is 2. The lowest BCUT2D eigenvalue weighted by molar-refractivity contribution is -0.120. The Kier molecular flexibility index (Phi) is 6.31. The van der Waals surface area contributed by atoms with Crippen LogP contribution in [0.4, 0.5) is 25.0 Å². The number of rotatable bonds is 5. The fourth-order valence-electron chi connectivity index (χ4n) is 3.78. The summed E-state index contributed by atoms with van der Waals surface area (Å²) in [4.78, 5) is 27.5. The fourth-order valence-corrected chi connectivity index (χ4v) is 3.78. The Morgan fingerprint density at radius 1 is 1.00 bits per heavy atom. The van der Waals surface area contributed by atoms with Gasteiger partial charge in [0.15, 0.2) is 0 Å². The first-order valence-corrected chi connectivity index (χ1v) is 10.3. The summed E-state index contributed by atoms with van der Waals surface area (Å²) in [5.74, 6) is -1.26. The average Bonchev–Trinajstić information content (AvgIpc) is 3.23. The number of nitriles is 1. The molecule has 1 atom stereocenters. The zero-order valence-electron chi connectivity index (χ0n) is 17.5. The fraction of sp³-hybridized carbons (Fsp3) is 0.160. The van der Waals surface area contributed by atoms with E-state index in [1.807, 2.05) is 6.07 Å². The Bertz CT molecular complexity index is 1220. The first-order chi connectivity index (χ1) is 15.9. The molecule has 6 nitrogen and oxygen atoms in total. The van der Waals surface area contributed by atoms with Crippen LogP contribution in [0.25, 0.3) is 0 Å². The van der Waals surface area contributed by atoms with Crippen molar-refractivity contribution in [3.8, 4) is 6.07 Å². The highest BCUT2D eigenvalue weighted by molar-refractivity contribution is 6.02. The zero-order chi connectivity index (χ0) is 23.4. The molecule has 0 saturated heterocycles. The molecule has 0 fully saturated rings. The second kappa shape index (κ2) is 9.49. The third-order valence-electron chi connectivity index (χ3n) is 5.44. The molecule has 0 saturated carbocycles. The van der Waals surface area contributed by atoms with Crippen molar-refractivity contribution >= 4 is 23.3 Å². The van der Waals surface area contributed by atoms with Crippen molar-refractivity contribution in [3.05, 3.63) is 95.1 Å². The van der Waals surface area contributed by atoms with Crippen molar-refractivity contribution in [2.24, 2.45) is 0 Å². The van der Waals surface area contributed by atoms with Crippen molar-refractivity contribution in [1.82, 2.24) is 5.32 Å². The zero-order valence-corrected chi connectivity index (χ0v) is 17.5. The van der Waals surface area contributed by atoms with Crippen LogP contribution < -0.4 is 15.5 Å². The number of carbonyl (C=O) groups excluding carboxylic acids is 2. The molecule has 0 radical (unpaired) electrons. The molecule has 1 aliphatic heterocycles. The summed E-state index contributed by atoms with van der Waals surface area (Å²) in [5.41, 5.74) is 2.94. The van der Waals surface area contributed by atoms with Gasteiger partial charge < -0.3 is 15.5 Å². The van der Waals surface area contributed by atoms with E-state index in [1.54, 1.807) is 30.3 Å². The number of amides is 3. The van der Waals surface area contributed by atoms with E-state index < -0.39 is 23.7 Å². The molecule has 0 bridgehead atoms. The second-order valence-electron chi connectivity index (χ2n) is 7.68.